The SMILES string of the molecule is Cc1cc(NC(=O)NC[C@H](c2ccccc2Cl)N2CCOCC2)no1. The van der Waals surface area contributed by atoms with Crippen molar-refractivity contribution in [2.45, 2.75) is 13.0 Å². The fourth-order valence-electron chi connectivity index (χ4n) is 2.85. The van der Waals surface area contributed by atoms with Crippen LogP contribution in [0.25, 0.3) is 0 Å². The van der Waals surface area contributed by atoms with Gasteiger partial charge in [-0.3, -0.25) is 10.2 Å². The Morgan fingerprint density at radius 3 is 2.80 bits per heavy atom. The van der Waals surface area contributed by atoms with Crippen molar-refractivity contribution in [1.82, 2.24) is 15.4 Å². The third-order valence-corrected chi connectivity index (χ3v) is 4.42. The van der Waals surface area contributed by atoms with Crippen LogP contribution in [0.2, 0.25) is 5.02 Å². The molecule has 1 aliphatic rings. The van der Waals surface area contributed by atoms with E-state index in [-0.39, 0.29) is 12.1 Å². The average Bonchev–Trinajstić information content (AvgIpc) is 3.02. The first-order valence-corrected chi connectivity index (χ1v) is 8.55. The molecule has 2 heterocycles. The summed E-state index contributed by atoms with van der Waals surface area (Å²) in [7, 11) is 0. The molecule has 3 rings (SSSR count). The average molecular weight is 365 g/mol. The van der Waals surface area contributed by atoms with E-state index in [1.54, 1.807) is 13.0 Å². The third-order valence-electron chi connectivity index (χ3n) is 4.08. The van der Waals surface area contributed by atoms with E-state index in [4.69, 9.17) is 20.9 Å². The molecule has 0 unspecified atom stereocenters. The van der Waals surface area contributed by atoms with Gasteiger partial charge in [0.2, 0.25) is 0 Å². The van der Waals surface area contributed by atoms with Gasteiger partial charge in [0, 0.05) is 30.7 Å². The first-order valence-electron chi connectivity index (χ1n) is 8.18. The summed E-state index contributed by atoms with van der Waals surface area (Å²) in [6.07, 6.45) is 0. The second-order valence-electron chi connectivity index (χ2n) is 5.84. The van der Waals surface area contributed by atoms with Gasteiger partial charge in [-0.15, -0.1) is 0 Å². The van der Waals surface area contributed by atoms with E-state index in [2.05, 4.69) is 20.7 Å². The molecule has 1 aliphatic heterocycles. The van der Waals surface area contributed by atoms with E-state index in [1.807, 2.05) is 24.3 Å². The van der Waals surface area contributed by atoms with Gasteiger partial charge in [0.25, 0.3) is 0 Å². The van der Waals surface area contributed by atoms with E-state index in [9.17, 15) is 4.79 Å². The van der Waals surface area contributed by atoms with Crippen LogP contribution < -0.4 is 10.6 Å². The first-order chi connectivity index (χ1) is 12.1. The molecule has 2 aromatic rings. The summed E-state index contributed by atoms with van der Waals surface area (Å²) in [5, 5.41) is 9.98. The van der Waals surface area contributed by atoms with Crippen molar-refractivity contribution in [1.29, 1.82) is 0 Å². The number of halogens is 1. The number of ether oxygens (including phenoxy) is 1. The molecule has 0 bridgehead atoms. The van der Waals surface area contributed by atoms with Gasteiger partial charge in [-0.1, -0.05) is 35.0 Å². The molecule has 1 saturated heterocycles. The summed E-state index contributed by atoms with van der Waals surface area (Å²) in [6, 6.07) is 9.00. The number of morpholine rings is 1. The second-order valence-corrected chi connectivity index (χ2v) is 6.25. The molecule has 0 radical (unpaired) electrons. The molecule has 1 fully saturated rings. The van der Waals surface area contributed by atoms with Crippen molar-refractivity contribution < 1.29 is 14.1 Å². The van der Waals surface area contributed by atoms with Crippen LogP contribution >= 0.6 is 11.6 Å². The number of urea groups is 1. The Balaban J connectivity index is 1.67. The Bertz CT molecular complexity index is 715. The predicted octanol–water partition coefficient (Wildman–Crippen LogP) is 2.83. The van der Waals surface area contributed by atoms with Gasteiger partial charge in [0.1, 0.15) is 5.76 Å². The fourth-order valence-corrected chi connectivity index (χ4v) is 3.11. The number of carbonyl (C=O) groups excluding carboxylic acids is 1. The lowest BCUT2D eigenvalue weighted by Crippen LogP contribution is -2.44. The lowest BCUT2D eigenvalue weighted by Gasteiger charge is -2.35. The molecule has 2 N–H and O–H groups in total. The van der Waals surface area contributed by atoms with Crippen molar-refractivity contribution in [3.8, 4) is 0 Å². The topological polar surface area (TPSA) is 79.6 Å². The molecule has 134 valence electrons. The molecule has 0 spiro atoms. The number of hydrogen-bond acceptors (Lipinski definition) is 5. The molecule has 1 atom stereocenters. The number of aryl methyl sites for hydroxylation is 1. The number of nitrogens with one attached hydrogen (secondary N) is 2. The Morgan fingerprint density at radius 1 is 1.36 bits per heavy atom. The molecule has 0 aliphatic carbocycles. The molecule has 1 aromatic carbocycles. The van der Waals surface area contributed by atoms with Gasteiger partial charge >= 0.3 is 6.03 Å². The van der Waals surface area contributed by atoms with Crippen molar-refractivity contribution in [3.05, 3.63) is 46.7 Å². The molecular formula is C17H21ClN4O3. The maximum absolute atomic E-state index is 12.1. The molecular weight excluding hydrogens is 344 g/mol. The van der Waals surface area contributed by atoms with E-state index in [0.717, 1.165) is 18.7 Å². The smallest absolute Gasteiger partial charge is 0.320 e. The van der Waals surface area contributed by atoms with E-state index in [0.29, 0.717) is 36.4 Å². The minimum absolute atomic E-state index is 0.0256. The van der Waals surface area contributed by atoms with Crippen LogP contribution in [0.5, 0.6) is 0 Å². The molecule has 8 heteroatoms. The summed E-state index contributed by atoms with van der Waals surface area (Å²) < 4.78 is 10.4. The van der Waals surface area contributed by atoms with Gasteiger partial charge in [0.15, 0.2) is 5.82 Å². The molecule has 25 heavy (non-hydrogen) atoms. The molecule has 7 nitrogen and oxygen atoms in total. The highest BCUT2D eigenvalue weighted by Gasteiger charge is 2.24. The summed E-state index contributed by atoms with van der Waals surface area (Å²) in [6.45, 7) is 5.12. The first kappa shape index (κ1) is 17.7. The molecule has 1 aromatic heterocycles. The second kappa shape index (κ2) is 8.33. The highest BCUT2D eigenvalue weighted by Crippen LogP contribution is 2.27. The van der Waals surface area contributed by atoms with E-state index >= 15 is 0 Å². The van der Waals surface area contributed by atoms with Crippen LogP contribution in [0.15, 0.2) is 34.9 Å². The quantitative estimate of drug-likeness (QED) is 0.852. The number of amides is 2. The Hall–Kier alpha value is -2.09. The zero-order valence-electron chi connectivity index (χ0n) is 14.0. The summed E-state index contributed by atoms with van der Waals surface area (Å²) in [4.78, 5) is 14.4. The number of hydrogen-bond donors (Lipinski definition) is 2. The van der Waals surface area contributed by atoms with Crippen molar-refractivity contribution in [2.75, 3.05) is 38.2 Å². The predicted molar refractivity (Wildman–Crippen MR) is 94.8 cm³/mol. The lowest BCUT2D eigenvalue weighted by molar-refractivity contribution is 0.0168. The summed E-state index contributed by atoms with van der Waals surface area (Å²) in [5.41, 5.74) is 0.989. The van der Waals surface area contributed by atoms with Crippen LogP contribution in [-0.4, -0.2) is 48.9 Å². The van der Waals surface area contributed by atoms with Gasteiger partial charge in [-0.2, -0.15) is 0 Å². The zero-order chi connectivity index (χ0) is 17.6. The van der Waals surface area contributed by atoms with E-state index < -0.39 is 0 Å². The molecule has 0 saturated carbocycles. The van der Waals surface area contributed by atoms with Gasteiger partial charge in [-0.25, -0.2) is 4.79 Å². The Labute approximate surface area is 151 Å². The Morgan fingerprint density at radius 2 is 2.12 bits per heavy atom. The Kier molecular flexibility index (Phi) is 5.91. The number of anilines is 1. The standard InChI is InChI=1S/C17H21ClN4O3/c1-12-10-16(21-25-12)20-17(23)19-11-15(22-6-8-24-9-7-22)13-4-2-3-5-14(13)18/h2-5,10,15H,6-9,11H2,1H3,(H2,19,20,21,23)/t15-/m1/s1. The van der Waals surface area contributed by atoms with Gasteiger partial charge in [0.05, 0.1) is 19.3 Å². The number of carbonyl (C=O) groups is 1. The van der Waals surface area contributed by atoms with Crippen LogP contribution in [-0.2, 0) is 4.74 Å². The van der Waals surface area contributed by atoms with E-state index in [1.165, 1.54) is 0 Å². The van der Waals surface area contributed by atoms with Crippen LogP contribution in [0.1, 0.15) is 17.4 Å². The monoisotopic (exact) mass is 364 g/mol. The van der Waals surface area contributed by atoms with Gasteiger partial charge in [-0.05, 0) is 18.6 Å². The normalized spacial score (nSPS) is 16.4. The molecule has 2 amide bonds. The minimum atomic E-state index is -0.335. The number of benzene rings is 1. The number of rotatable bonds is 5. The van der Waals surface area contributed by atoms with Crippen LogP contribution in [0.3, 0.4) is 0 Å². The summed E-state index contributed by atoms with van der Waals surface area (Å²) in [5.74, 6) is 1.02. The summed E-state index contributed by atoms with van der Waals surface area (Å²) >= 11 is 6.38. The van der Waals surface area contributed by atoms with Gasteiger partial charge < -0.3 is 14.6 Å². The number of aromatic nitrogens is 1. The van der Waals surface area contributed by atoms with Crippen molar-refractivity contribution in [2.24, 2.45) is 0 Å². The zero-order valence-corrected chi connectivity index (χ0v) is 14.8. The maximum atomic E-state index is 12.1. The third kappa shape index (κ3) is 4.72. The highest BCUT2D eigenvalue weighted by molar-refractivity contribution is 6.31. The fraction of sp³-hybridized carbons (Fsp3) is 0.412. The minimum Gasteiger partial charge on any atom is -0.379 e. The lowest BCUT2D eigenvalue weighted by atomic mass is 10.0. The highest BCUT2D eigenvalue weighted by atomic mass is 35.5. The van der Waals surface area contributed by atoms with Crippen molar-refractivity contribution >= 4 is 23.4 Å². The number of nitrogens with zero attached hydrogens (tertiary/aromatic N) is 2. The van der Waals surface area contributed by atoms with Crippen LogP contribution in [0, 0.1) is 6.92 Å². The maximum Gasteiger partial charge on any atom is 0.320 e. The largest absolute Gasteiger partial charge is 0.379 e. The van der Waals surface area contributed by atoms with Crippen LogP contribution in [0.4, 0.5) is 10.6 Å². The van der Waals surface area contributed by atoms with Crippen molar-refractivity contribution in [3.63, 3.8) is 0 Å².